The van der Waals surface area contributed by atoms with Crippen molar-refractivity contribution in [1.29, 1.82) is 0 Å². The van der Waals surface area contributed by atoms with Crippen molar-refractivity contribution in [3.8, 4) is 0 Å². The summed E-state index contributed by atoms with van der Waals surface area (Å²) in [5, 5.41) is 9.08. The molecule has 0 spiro atoms. The van der Waals surface area contributed by atoms with E-state index in [9.17, 15) is 4.79 Å². The van der Waals surface area contributed by atoms with Gasteiger partial charge in [-0.1, -0.05) is 20.8 Å². The molecule has 0 aliphatic rings. The van der Waals surface area contributed by atoms with Crippen LogP contribution in [-0.4, -0.2) is 35.6 Å². The highest BCUT2D eigenvalue weighted by Crippen LogP contribution is 2.19. The summed E-state index contributed by atoms with van der Waals surface area (Å²) in [4.78, 5) is 13.3. The van der Waals surface area contributed by atoms with Crippen molar-refractivity contribution in [3.05, 3.63) is 0 Å². The third kappa shape index (κ3) is 6.89. The monoisotopic (exact) mass is 201 g/mol. The number of amides is 1. The smallest absolute Gasteiger partial charge is 0.222 e. The van der Waals surface area contributed by atoms with Gasteiger partial charge in [-0.2, -0.15) is 0 Å². The number of aliphatic hydroxyl groups is 1. The molecule has 14 heavy (non-hydrogen) atoms. The van der Waals surface area contributed by atoms with E-state index in [1.54, 1.807) is 18.9 Å². The molecule has 0 fully saturated rings. The minimum absolute atomic E-state index is 0.0379. The second-order valence-corrected chi connectivity index (χ2v) is 5.19. The lowest BCUT2D eigenvalue weighted by atomic mass is 9.91. The second-order valence-electron chi connectivity index (χ2n) is 5.19. The van der Waals surface area contributed by atoms with Crippen LogP contribution in [0.1, 0.15) is 40.5 Å². The first-order chi connectivity index (χ1) is 6.22. The van der Waals surface area contributed by atoms with E-state index < -0.39 is 0 Å². The molecule has 0 radical (unpaired) electrons. The van der Waals surface area contributed by atoms with Gasteiger partial charge in [0.2, 0.25) is 5.91 Å². The molecule has 1 amide bonds. The van der Waals surface area contributed by atoms with E-state index in [0.29, 0.717) is 19.4 Å². The largest absolute Gasteiger partial charge is 0.393 e. The molecular weight excluding hydrogens is 178 g/mol. The molecule has 1 atom stereocenters. The zero-order valence-corrected chi connectivity index (χ0v) is 10.0. The summed E-state index contributed by atoms with van der Waals surface area (Å²) in [7, 11) is 1.79. The molecule has 0 aliphatic carbocycles. The molecule has 3 heteroatoms. The number of carbonyl (C=O) groups excluding carboxylic acids is 1. The lowest BCUT2D eigenvalue weighted by Gasteiger charge is -2.23. The van der Waals surface area contributed by atoms with Gasteiger partial charge in [-0.15, -0.1) is 0 Å². The van der Waals surface area contributed by atoms with E-state index >= 15 is 0 Å². The van der Waals surface area contributed by atoms with Crippen LogP contribution in [0.15, 0.2) is 0 Å². The summed E-state index contributed by atoms with van der Waals surface area (Å²) in [6.07, 6.45) is 0.871. The van der Waals surface area contributed by atoms with Crippen LogP contribution < -0.4 is 0 Å². The van der Waals surface area contributed by atoms with Crippen LogP contribution in [-0.2, 0) is 4.79 Å². The van der Waals surface area contributed by atoms with Crippen molar-refractivity contribution in [2.75, 3.05) is 13.6 Å². The molecule has 0 bridgehead atoms. The van der Waals surface area contributed by atoms with Crippen LogP contribution in [0.25, 0.3) is 0 Å². The van der Waals surface area contributed by atoms with Crippen LogP contribution in [0, 0.1) is 5.41 Å². The number of rotatable bonds is 4. The predicted molar refractivity (Wildman–Crippen MR) is 58.0 cm³/mol. The molecule has 84 valence electrons. The number of carbonyl (C=O) groups is 1. The summed E-state index contributed by atoms with van der Waals surface area (Å²) in [5.41, 5.74) is 0.0379. The zero-order chi connectivity index (χ0) is 11.4. The van der Waals surface area contributed by atoms with Gasteiger partial charge in [0.15, 0.2) is 0 Å². The Morgan fingerprint density at radius 3 is 2.29 bits per heavy atom. The molecule has 3 nitrogen and oxygen atoms in total. The molecule has 1 unspecified atom stereocenters. The summed E-state index contributed by atoms with van der Waals surface area (Å²) < 4.78 is 0. The van der Waals surface area contributed by atoms with Crippen LogP contribution in [0.3, 0.4) is 0 Å². The number of hydrogen-bond acceptors (Lipinski definition) is 2. The molecule has 0 aromatic heterocycles. The Hall–Kier alpha value is -0.570. The molecule has 0 rings (SSSR count). The molecule has 0 aromatic rings. The SMILES string of the molecule is CC(O)CCN(C)C(=O)CC(C)(C)C. The first-order valence-corrected chi connectivity index (χ1v) is 5.14. The van der Waals surface area contributed by atoms with Gasteiger partial charge in [-0.3, -0.25) is 4.79 Å². The van der Waals surface area contributed by atoms with Gasteiger partial charge in [-0.05, 0) is 18.8 Å². The molecular formula is C11H23NO2. The van der Waals surface area contributed by atoms with E-state index in [4.69, 9.17) is 5.11 Å². The number of aliphatic hydroxyl groups excluding tert-OH is 1. The van der Waals surface area contributed by atoms with Gasteiger partial charge in [0.25, 0.3) is 0 Å². The number of hydrogen-bond donors (Lipinski definition) is 1. The molecule has 0 saturated heterocycles. The maximum Gasteiger partial charge on any atom is 0.222 e. The Morgan fingerprint density at radius 2 is 1.93 bits per heavy atom. The fraction of sp³-hybridized carbons (Fsp3) is 0.909. The van der Waals surface area contributed by atoms with Gasteiger partial charge in [0.1, 0.15) is 0 Å². The normalized spacial score (nSPS) is 13.9. The van der Waals surface area contributed by atoms with Crippen molar-refractivity contribution in [3.63, 3.8) is 0 Å². The van der Waals surface area contributed by atoms with E-state index in [1.165, 1.54) is 0 Å². The highest BCUT2D eigenvalue weighted by atomic mass is 16.3. The van der Waals surface area contributed by atoms with Crippen LogP contribution in [0.5, 0.6) is 0 Å². The number of nitrogens with zero attached hydrogens (tertiary/aromatic N) is 1. The van der Waals surface area contributed by atoms with Crippen LogP contribution in [0.2, 0.25) is 0 Å². The van der Waals surface area contributed by atoms with Gasteiger partial charge in [0, 0.05) is 20.0 Å². The molecule has 0 aliphatic heterocycles. The summed E-state index contributed by atoms with van der Waals surface area (Å²) in [6.45, 7) is 8.52. The van der Waals surface area contributed by atoms with Crippen LogP contribution in [0.4, 0.5) is 0 Å². The predicted octanol–water partition coefficient (Wildman–Crippen LogP) is 1.65. The first kappa shape index (κ1) is 13.4. The van der Waals surface area contributed by atoms with Crippen molar-refractivity contribution in [2.24, 2.45) is 5.41 Å². The lowest BCUT2D eigenvalue weighted by molar-refractivity contribution is -0.132. The fourth-order valence-corrected chi connectivity index (χ4v) is 1.09. The Kier molecular flexibility index (Phi) is 5.13. The maximum atomic E-state index is 11.6. The van der Waals surface area contributed by atoms with Crippen molar-refractivity contribution >= 4 is 5.91 Å². The second kappa shape index (κ2) is 5.35. The van der Waals surface area contributed by atoms with E-state index in [0.717, 1.165) is 0 Å². The van der Waals surface area contributed by atoms with Gasteiger partial charge < -0.3 is 10.0 Å². The van der Waals surface area contributed by atoms with Crippen molar-refractivity contribution in [2.45, 2.75) is 46.6 Å². The average Bonchev–Trinajstić information content (AvgIpc) is 1.96. The Morgan fingerprint density at radius 1 is 1.43 bits per heavy atom. The van der Waals surface area contributed by atoms with E-state index in [-0.39, 0.29) is 17.4 Å². The lowest BCUT2D eigenvalue weighted by Crippen LogP contribution is -2.32. The minimum Gasteiger partial charge on any atom is -0.393 e. The third-order valence-corrected chi connectivity index (χ3v) is 1.99. The third-order valence-electron chi connectivity index (χ3n) is 1.99. The average molecular weight is 201 g/mol. The summed E-state index contributed by atoms with van der Waals surface area (Å²) in [6, 6.07) is 0. The Labute approximate surface area is 87.1 Å². The van der Waals surface area contributed by atoms with Crippen molar-refractivity contribution in [1.82, 2.24) is 4.90 Å². The molecule has 0 saturated carbocycles. The van der Waals surface area contributed by atoms with Gasteiger partial charge in [-0.25, -0.2) is 0 Å². The molecule has 0 heterocycles. The highest BCUT2D eigenvalue weighted by molar-refractivity contribution is 5.76. The van der Waals surface area contributed by atoms with E-state index in [2.05, 4.69) is 0 Å². The Balaban J connectivity index is 3.88. The van der Waals surface area contributed by atoms with Crippen molar-refractivity contribution < 1.29 is 9.90 Å². The van der Waals surface area contributed by atoms with Crippen LogP contribution >= 0.6 is 0 Å². The van der Waals surface area contributed by atoms with E-state index in [1.807, 2.05) is 20.8 Å². The highest BCUT2D eigenvalue weighted by Gasteiger charge is 2.18. The fourth-order valence-electron chi connectivity index (χ4n) is 1.09. The Bertz CT molecular complexity index is 182. The molecule has 1 N–H and O–H groups in total. The van der Waals surface area contributed by atoms with Gasteiger partial charge in [0.05, 0.1) is 6.10 Å². The summed E-state index contributed by atoms with van der Waals surface area (Å²) in [5.74, 6) is 0.151. The summed E-state index contributed by atoms with van der Waals surface area (Å²) >= 11 is 0. The zero-order valence-electron chi connectivity index (χ0n) is 10.0. The standard InChI is InChI=1S/C11H23NO2/c1-9(13)6-7-12(5)10(14)8-11(2,3)4/h9,13H,6-8H2,1-5H3. The molecule has 0 aromatic carbocycles. The first-order valence-electron chi connectivity index (χ1n) is 5.14. The minimum atomic E-state index is -0.333. The maximum absolute atomic E-state index is 11.6. The topological polar surface area (TPSA) is 40.5 Å². The van der Waals surface area contributed by atoms with Gasteiger partial charge >= 0.3 is 0 Å². The quantitative estimate of drug-likeness (QED) is 0.751.